The first-order valence-electron chi connectivity index (χ1n) is 7.18. The minimum absolute atomic E-state index is 0.134. The average molecular weight is 284 g/mol. The highest BCUT2D eigenvalue weighted by atomic mass is 16.5. The van der Waals surface area contributed by atoms with Gasteiger partial charge >= 0.3 is 6.09 Å². The van der Waals surface area contributed by atoms with E-state index in [1.54, 1.807) is 0 Å². The smallest absolute Gasteiger partial charge is 0.408 e. The molecule has 116 valence electrons. The molecule has 0 aliphatic heterocycles. The Bertz CT molecular complexity index is 314. The van der Waals surface area contributed by atoms with Crippen molar-refractivity contribution in [3.05, 3.63) is 12.7 Å². The Labute approximate surface area is 122 Å². The molecule has 0 radical (unpaired) electrons. The Morgan fingerprint density at radius 2 is 1.85 bits per heavy atom. The molecule has 5 heteroatoms. The van der Waals surface area contributed by atoms with Crippen molar-refractivity contribution in [3.63, 3.8) is 0 Å². The summed E-state index contributed by atoms with van der Waals surface area (Å²) in [5, 5.41) is 5.45. The Kier molecular flexibility index (Phi) is 9.51. The molecule has 0 rings (SSSR count). The molecular weight excluding hydrogens is 256 g/mol. The maximum Gasteiger partial charge on any atom is 0.408 e. The topological polar surface area (TPSA) is 67.4 Å². The summed E-state index contributed by atoms with van der Waals surface area (Å²) in [7, 11) is 0. The fourth-order valence-electron chi connectivity index (χ4n) is 1.63. The predicted molar refractivity (Wildman–Crippen MR) is 80.4 cm³/mol. The van der Waals surface area contributed by atoms with Crippen molar-refractivity contribution in [2.45, 2.75) is 46.6 Å². The van der Waals surface area contributed by atoms with E-state index in [-0.39, 0.29) is 12.5 Å². The highest BCUT2D eigenvalue weighted by Crippen LogP contribution is 2.06. The molecule has 1 atom stereocenters. The molecule has 0 unspecified atom stereocenters. The van der Waals surface area contributed by atoms with Crippen molar-refractivity contribution in [1.29, 1.82) is 0 Å². The Morgan fingerprint density at radius 3 is 2.35 bits per heavy atom. The van der Waals surface area contributed by atoms with Crippen LogP contribution in [0.3, 0.4) is 0 Å². The van der Waals surface area contributed by atoms with Gasteiger partial charge in [0.2, 0.25) is 5.91 Å². The zero-order valence-electron chi connectivity index (χ0n) is 13.1. The van der Waals surface area contributed by atoms with Crippen LogP contribution in [-0.4, -0.2) is 31.2 Å². The van der Waals surface area contributed by atoms with Crippen LogP contribution in [0.15, 0.2) is 12.7 Å². The van der Waals surface area contributed by atoms with Crippen molar-refractivity contribution < 1.29 is 14.3 Å². The summed E-state index contributed by atoms with van der Waals surface area (Å²) in [6.45, 7) is 12.4. The number of amides is 2. The van der Waals surface area contributed by atoms with Crippen molar-refractivity contribution in [3.8, 4) is 0 Å². The summed E-state index contributed by atoms with van der Waals surface area (Å²) >= 11 is 0. The lowest BCUT2D eigenvalue weighted by Gasteiger charge is -2.20. The van der Waals surface area contributed by atoms with Gasteiger partial charge < -0.3 is 15.4 Å². The van der Waals surface area contributed by atoms with E-state index in [4.69, 9.17) is 4.74 Å². The normalized spacial score (nSPS) is 12.1. The van der Waals surface area contributed by atoms with Crippen molar-refractivity contribution in [2.75, 3.05) is 13.2 Å². The summed E-state index contributed by atoms with van der Waals surface area (Å²) in [5.74, 6) is 0.676. The fraction of sp³-hybridized carbons (Fsp3) is 0.733. The van der Waals surface area contributed by atoms with Crippen molar-refractivity contribution in [2.24, 2.45) is 11.8 Å². The molecule has 0 aromatic heterocycles. The number of rotatable bonds is 9. The van der Waals surface area contributed by atoms with E-state index in [9.17, 15) is 9.59 Å². The number of carbonyl (C=O) groups excluding carboxylic acids is 2. The van der Waals surface area contributed by atoms with Crippen LogP contribution in [0.4, 0.5) is 4.79 Å². The summed E-state index contributed by atoms with van der Waals surface area (Å²) in [6, 6.07) is -0.556. The Morgan fingerprint density at radius 1 is 1.20 bits per heavy atom. The SMILES string of the molecule is C=CCOC(=O)N[C@@H](CC(C)C)C(=O)NCCC(C)C. The molecular formula is C15H28N2O3. The van der Waals surface area contributed by atoms with Gasteiger partial charge in [0.05, 0.1) is 0 Å². The van der Waals surface area contributed by atoms with E-state index in [2.05, 4.69) is 31.1 Å². The molecule has 5 nitrogen and oxygen atoms in total. The third-order valence-corrected chi connectivity index (χ3v) is 2.67. The molecule has 0 bridgehead atoms. The monoisotopic (exact) mass is 284 g/mol. The van der Waals surface area contributed by atoms with Gasteiger partial charge in [0.25, 0.3) is 0 Å². The molecule has 2 N–H and O–H groups in total. The second kappa shape index (κ2) is 10.3. The minimum Gasteiger partial charge on any atom is -0.445 e. The second-order valence-electron chi connectivity index (χ2n) is 5.69. The largest absolute Gasteiger partial charge is 0.445 e. The van der Waals surface area contributed by atoms with E-state index < -0.39 is 12.1 Å². The standard InChI is InChI=1S/C15H28N2O3/c1-6-9-20-15(19)17-13(10-12(4)5)14(18)16-8-7-11(2)3/h6,11-13H,1,7-10H2,2-5H3,(H,16,18)(H,17,19)/t13-/m0/s1. The quantitative estimate of drug-likeness (QED) is 0.639. The number of hydrogen-bond acceptors (Lipinski definition) is 3. The van der Waals surface area contributed by atoms with Gasteiger partial charge in [-0.25, -0.2) is 4.79 Å². The lowest BCUT2D eigenvalue weighted by atomic mass is 10.0. The first-order chi connectivity index (χ1) is 9.36. The predicted octanol–water partition coefficient (Wildman–Crippen LogP) is 2.48. The van der Waals surface area contributed by atoms with Crippen LogP contribution in [0, 0.1) is 11.8 Å². The van der Waals surface area contributed by atoms with Crippen LogP contribution >= 0.6 is 0 Å². The zero-order valence-corrected chi connectivity index (χ0v) is 13.1. The van der Waals surface area contributed by atoms with Crippen LogP contribution in [0.5, 0.6) is 0 Å². The third kappa shape index (κ3) is 9.42. The molecule has 0 spiro atoms. The van der Waals surface area contributed by atoms with Gasteiger partial charge in [-0.05, 0) is 24.7 Å². The van der Waals surface area contributed by atoms with Gasteiger partial charge in [0.1, 0.15) is 12.6 Å². The molecule has 0 aliphatic rings. The van der Waals surface area contributed by atoms with Gasteiger partial charge in [-0.15, -0.1) is 0 Å². The van der Waals surface area contributed by atoms with E-state index in [0.29, 0.717) is 24.8 Å². The van der Waals surface area contributed by atoms with E-state index >= 15 is 0 Å². The number of hydrogen-bond donors (Lipinski definition) is 2. The molecule has 0 heterocycles. The Hall–Kier alpha value is -1.52. The molecule has 0 aliphatic carbocycles. The van der Waals surface area contributed by atoms with Gasteiger partial charge in [0, 0.05) is 6.54 Å². The van der Waals surface area contributed by atoms with E-state index in [1.807, 2.05) is 13.8 Å². The first kappa shape index (κ1) is 18.5. The Balaban J connectivity index is 4.34. The number of carbonyl (C=O) groups is 2. The van der Waals surface area contributed by atoms with Crippen molar-refractivity contribution >= 4 is 12.0 Å². The van der Waals surface area contributed by atoms with Crippen LogP contribution in [0.25, 0.3) is 0 Å². The highest BCUT2D eigenvalue weighted by molar-refractivity contribution is 5.85. The van der Waals surface area contributed by atoms with Gasteiger partial charge in [-0.1, -0.05) is 40.3 Å². The molecule has 0 fully saturated rings. The van der Waals surface area contributed by atoms with Crippen LogP contribution in [0.1, 0.15) is 40.5 Å². The molecule has 20 heavy (non-hydrogen) atoms. The molecule has 0 saturated carbocycles. The average Bonchev–Trinajstić information content (AvgIpc) is 2.34. The minimum atomic E-state index is -0.588. The summed E-state index contributed by atoms with van der Waals surface area (Å²) in [5.41, 5.74) is 0. The van der Waals surface area contributed by atoms with Crippen molar-refractivity contribution in [1.82, 2.24) is 10.6 Å². The van der Waals surface area contributed by atoms with E-state index in [1.165, 1.54) is 6.08 Å². The zero-order chi connectivity index (χ0) is 15.5. The molecule has 0 aromatic carbocycles. The summed E-state index contributed by atoms with van der Waals surface area (Å²) in [6.07, 6.45) is 2.40. The fourth-order valence-corrected chi connectivity index (χ4v) is 1.63. The van der Waals surface area contributed by atoms with Gasteiger partial charge in [-0.2, -0.15) is 0 Å². The van der Waals surface area contributed by atoms with Crippen LogP contribution in [-0.2, 0) is 9.53 Å². The molecule has 0 saturated heterocycles. The number of nitrogens with one attached hydrogen (secondary N) is 2. The lowest BCUT2D eigenvalue weighted by Crippen LogP contribution is -2.47. The molecule has 0 aromatic rings. The summed E-state index contributed by atoms with van der Waals surface area (Å²) < 4.78 is 4.85. The highest BCUT2D eigenvalue weighted by Gasteiger charge is 2.22. The summed E-state index contributed by atoms with van der Waals surface area (Å²) in [4.78, 5) is 23.6. The maximum absolute atomic E-state index is 12.1. The number of alkyl carbamates (subject to hydrolysis) is 1. The van der Waals surface area contributed by atoms with E-state index in [0.717, 1.165) is 6.42 Å². The number of ether oxygens (including phenoxy) is 1. The van der Waals surface area contributed by atoms with Gasteiger partial charge in [0.15, 0.2) is 0 Å². The lowest BCUT2D eigenvalue weighted by molar-refractivity contribution is -0.123. The maximum atomic E-state index is 12.1. The first-order valence-corrected chi connectivity index (χ1v) is 7.18. The van der Waals surface area contributed by atoms with Crippen LogP contribution < -0.4 is 10.6 Å². The van der Waals surface area contributed by atoms with Crippen LogP contribution in [0.2, 0.25) is 0 Å². The second-order valence-corrected chi connectivity index (χ2v) is 5.69. The molecule has 2 amide bonds. The third-order valence-electron chi connectivity index (χ3n) is 2.67. The van der Waals surface area contributed by atoms with Gasteiger partial charge in [-0.3, -0.25) is 4.79 Å².